The summed E-state index contributed by atoms with van der Waals surface area (Å²) in [5.41, 5.74) is -3.64. The molecule has 3 aromatic carbocycles. The number of aliphatic hydroxyl groups excluding tert-OH is 1. The molecule has 1 unspecified atom stereocenters. The maximum Gasteiger partial charge on any atom is 0.419 e. The normalized spacial score (nSPS) is 13.2. The number of hydrogen-bond donors (Lipinski definition) is 4. The molecule has 9 nitrogen and oxygen atoms in total. The highest BCUT2D eigenvalue weighted by atomic mass is 32.2. The van der Waals surface area contributed by atoms with Gasteiger partial charge >= 0.3 is 12.4 Å². The first-order valence-electron chi connectivity index (χ1n) is 14.0. The Hall–Kier alpha value is -4.42. The number of nitrogens with one attached hydrogen (secondary N) is 3. The number of carbonyl (C=O) groups is 2. The van der Waals surface area contributed by atoms with Gasteiger partial charge in [0.15, 0.2) is 16.1 Å². The molecule has 0 bridgehead atoms. The summed E-state index contributed by atoms with van der Waals surface area (Å²) in [7, 11) is -2.35. The average Bonchev–Trinajstić information content (AvgIpc) is 3.36. The number of carbonyl (C=O) groups excluding carboxylic acids is 2. The number of ether oxygens (including phenoxy) is 1. The minimum atomic E-state index is -5.08. The molecule has 1 heterocycles. The van der Waals surface area contributed by atoms with Crippen molar-refractivity contribution in [2.75, 3.05) is 30.5 Å². The van der Waals surface area contributed by atoms with Crippen molar-refractivity contribution in [2.45, 2.75) is 37.2 Å². The van der Waals surface area contributed by atoms with Crippen molar-refractivity contribution in [2.24, 2.45) is 0 Å². The van der Waals surface area contributed by atoms with Gasteiger partial charge in [0.05, 0.1) is 39.1 Å². The summed E-state index contributed by atoms with van der Waals surface area (Å²) in [6.07, 6.45) is -10.8. The molecular formula is C31H28F7N3O6S2. The number of aliphatic hydroxyl groups is 1. The molecule has 0 aliphatic rings. The van der Waals surface area contributed by atoms with Gasteiger partial charge in [0.25, 0.3) is 11.8 Å². The molecule has 0 saturated heterocycles. The Morgan fingerprint density at radius 2 is 1.61 bits per heavy atom. The fourth-order valence-corrected chi connectivity index (χ4v) is 5.87. The highest BCUT2D eigenvalue weighted by Crippen LogP contribution is 2.43. The molecule has 264 valence electrons. The molecule has 0 radical (unpaired) electrons. The molecule has 2 amide bonds. The lowest BCUT2D eigenvalue weighted by Gasteiger charge is -2.22. The number of anilines is 2. The Balaban J connectivity index is 1.73. The Morgan fingerprint density at radius 1 is 0.939 bits per heavy atom. The molecule has 0 spiro atoms. The maximum atomic E-state index is 13.8. The molecule has 0 fully saturated rings. The second-order valence-corrected chi connectivity index (χ2v) is 15.1. The van der Waals surface area contributed by atoms with E-state index in [1.165, 1.54) is 33.1 Å². The third kappa shape index (κ3) is 8.25. The van der Waals surface area contributed by atoms with E-state index in [1.807, 2.05) is 0 Å². The Bertz CT molecular complexity index is 2030. The minimum absolute atomic E-state index is 0.0214. The summed E-state index contributed by atoms with van der Waals surface area (Å²) in [6.45, 7) is 2.54. The second kappa shape index (κ2) is 13.5. The van der Waals surface area contributed by atoms with Crippen LogP contribution < -0.4 is 20.7 Å². The van der Waals surface area contributed by atoms with Crippen LogP contribution in [0, 0.1) is 5.82 Å². The van der Waals surface area contributed by atoms with Crippen molar-refractivity contribution in [1.29, 1.82) is 0 Å². The number of hydrogen-bond acceptors (Lipinski definition) is 8. The zero-order valence-electron chi connectivity index (χ0n) is 25.9. The van der Waals surface area contributed by atoms with Crippen LogP contribution in [0.25, 0.3) is 10.1 Å². The number of halogens is 7. The van der Waals surface area contributed by atoms with Gasteiger partial charge in [0.1, 0.15) is 11.6 Å². The van der Waals surface area contributed by atoms with Crippen LogP contribution in [-0.4, -0.2) is 50.0 Å². The molecule has 4 rings (SSSR count). The Morgan fingerprint density at radius 3 is 2.20 bits per heavy atom. The second-order valence-electron chi connectivity index (χ2n) is 11.4. The van der Waals surface area contributed by atoms with Crippen LogP contribution in [-0.2, 0) is 22.2 Å². The van der Waals surface area contributed by atoms with Gasteiger partial charge in [-0.3, -0.25) is 9.59 Å². The van der Waals surface area contributed by atoms with E-state index in [-0.39, 0.29) is 44.1 Å². The summed E-state index contributed by atoms with van der Waals surface area (Å²) in [5, 5.41) is 18.4. The molecule has 0 aliphatic carbocycles. The summed E-state index contributed by atoms with van der Waals surface area (Å²) in [4.78, 5) is 26.4. The van der Waals surface area contributed by atoms with Crippen LogP contribution >= 0.6 is 11.3 Å². The van der Waals surface area contributed by atoms with Gasteiger partial charge in [-0.1, -0.05) is 6.07 Å². The van der Waals surface area contributed by atoms with Crippen LogP contribution in [0.5, 0.6) is 5.75 Å². The van der Waals surface area contributed by atoms with Crippen molar-refractivity contribution >= 4 is 54.4 Å². The molecule has 0 saturated carbocycles. The van der Waals surface area contributed by atoms with Crippen molar-refractivity contribution in [1.82, 2.24) is 5.32 Å². The van der Waals surface area contributed by atoms with Gasteiger partial charge in [0, 0.05) is 34.1 Å². The Labute approximate surface area is 279 Å². The van der Waals surface area contributed by atoms with Crippen LogP contribution in [0.15, 0.2) is 54.6 Å². The monoisotopic (exact) mass is 735 g/mol. The number of thiophene rings is 1. The average molecular weight is 736 g/mol. The van der Waals surface area contributed by atoms with Crippen LogP contribution in [0.3, 0.4) is 0 Å². The summed E-state index contributed by atoms with van der Waals surface area (Å²) < 4.78 is 122. The van der Waals surface area contributed by atoms with Crippen molar-refractivity contribution in [3.63, 3.8) is 0 Å². The number of benzene rings is 3. The number of methoxy groups -OCH3 is 1. The van der Waals surface area contributed by atoms with Crippen molar-refractivity contribution < 1.29 is 58.6 Å². The fraction of sp³-hybridized carbons (Fsp3) is 0.290. The molecular weight excluding hydrogens is 707 g/mol. The molecule has 4 N–H and O–H groups in total. The van der Waals surface area contributed by atoms with E-state index >= 15 is 0 Å². The van der Waals surface area contributed by atoms with Crippen LogP contribution in [0.4, 0.5) is 42.1 Å². The van der Waals surface area contributed by atoms with Crippen LogP contribution in [0.2, 0.25) is 0 Å². The zero-order valence-corrected chi connectivity index (χ0v) is 27.6. The van der Waals surface area contributed by atoms with E-state index < -0.39 is 67.6 Å². The van der Waals surface area contributed by atoms with Gasteiger partial charge in [0.2, 0.25) is 0 Å². The minimum Gasteiger partial charge on any atom is -0.496 e. The lowest BCUT2D eigenvalue weighted by atomic mass is 10.1. The Kier molecular flexibility index (Phi) is 10.3. The highest BCUT2D eigenvalue weighted by molar-refractivity contribution is 7.92. The van der Waals surface area contributed by atoms with Crippen LogP contribution in [0.1, 0.15) is 56.8 Å². The lowest BCUT2D eigenvalue weighted by Crippen LogP contribution is -2.43. The topological polar surface area (TPSA) is 134 Å². The van der Waals surface area contributed by atoms with Gasteiger partial charge in [-0.25, -0.2) is 12.8 Å². The van der Waals surface area contributed by atoms with E-state index in [0.717, 1.165) is 36.6 Å². The number of alkyl halides is 6. The van der Waals surface area contributed by atoms with Crippen molar-refractivity contribution in [3.05, 3.63) is 87.5 Å². The zero-order chi connectivity index (χ0) is 36.7. The van der Waals surface area contributed by atoms with E-state index in [0.29, 0.717) is 23.5 Å². The third-order valence-corrected chi connectivity index (χ3v) is 10.8. The fourth-order valence-electron chi connectivity index (χ4n) is 4.40. The third-order valence-electron chi connectivity index (χ3n) is 7.49. The predicted octanol–water partition coefficient (Wildman–Crippen LogP) is 6.99. The highest BCUT2D eigenvalue weighted by Gasteiger charge is 2.35. The largest absolute Gasteiger partial charge is 0.496 e. The standard InChI is InChI=1S/C31H28F7N3O6S2/c1-29(2,49(4,45)46)14-39-26(42)15-5-10-22(47-3)19(11-15)27(43)41-24-18-8-6-16(30(33,34)35)12-23(18)48-25(24)28(44)40-17-7-9-21(32)20(13-17)31(36,37)38/h5-13,28,40,44H,14H2,1-4H3,(H,39,42)(H,41,43). The van der Waals surface area contributed by atoms with Gasteiger partial charge in [-0.15, -0.1) is 11.3 Å². The SMILES string of the molecule is COc1ccc(C(=O)NCC(C)(C)S(C)(=O)=O)cc1C(=O)Nc1c(C(O)Nc2ccc(F)c(C(F)(F)F)c2)sc2cc(C(F)(F)F)ccc12. The summed E-state index contributed by atoms with van der Waals surface area (Å²) in [6, 6.07) is 8.03. The predicted molar refractivity (Wildman–Crippen MR) is 169 cm³/mol. The van der Waals surface area contributed by atoms with E-state index in [2.05, 4.69) is 16.0 Å². The molecule has 1 atom stereocenters. The summed E-state index contributed by atoms with van der Waals surface area (Å²) >= 11 is 0.592. The first kappa shape index (κ1) is 37.4. The molecule has 49 heavy (non-hydrogen) atoms. The number of sulfone groups is 1. The number of rotatable bonds is 10. The first-order valence-corrected chi connectivity index (χ1v) is 16.7. The van der Waals surface area contributed by atoms with Crippen molar-refractivity contribution in [3.8, 4) is 5.75 Å². The quantitative estimate of drug-likeness (QED) is 0.102. The van der Waals surface area contributed by atoms with E-state index in [1.54, 1.807) is 0 Å². The summed E-state index contributed by atoms with van der Waals surface area (Å²) in [5.74, 6) is -3.33. The number of fused-ring (bicyclic) bond motifs is 1. The molecule has 0 aliphatic heterocycles. The van der Waals surface area contributed by atoms with E-state index in [4.69, 9.17) is 4.74 Å². The molecule has 1 aromatic heterocycles. The van der Waals surface area contributed by atoms with E-state index in [9.17, 15) is 53.8 Å². The number of amides is 2. The van der Waals surface area contributed by atoms with Gasteiger partial charge < -0.3 is 25.8 Å². The van der Waals surface area contributed by atoms with Gasteiger partial charge in [-0.05, 0) is 62.4 Å². The smallest absolute Gasteiger partial charge is 0.419 e. The first-order chi connectivity index (χ1) is 22.5. The lowest BCUT2D eigenvalue weighted by molar-refractivity contribution is -0.140. The maximum absolute atomic E-state index is 13.8. The molecule has 4 aromatic rings. The molecule has 18 heteroatoms. The van der Waals surface area contributed by atoms with Gasteiger partial charge in [-0.2, -0.15) is 26.3 Å².